The maximum Gasteiger partial charge on any atom is 0.416 e. The van der Waals surface area contributed by atoms with Gasteiger partial charge in [0.1, 0.15) is 12.1 Å². The van der Waals surface area contributed by atoms with Crippen LogP contribution in [0.5, 0.6) is 0 Å². The highest BCUT2D eigenvalue weighted by Gasteiger charge is 2.48. The lowest BCUT2D eigenvalue weighted by molar-refractivity contribution is -0.141. The van der Waals surface area contributed by atoms with E-state index in [1.54, 1.807) is 13.8 Å². The number of hydrogen-bond acceptors (Lipinski definition) is 10. The molecular formula is C55H53F5N6O8. The molecule has 6 rings (SSSR count). The predicted octanol–water partition coefficient (Wildman–Crippen LogP) is 12.1. The molecule has 0 saturated carbocycles. The number of urea groups is 2. The number of anilines is 2. The lowest BCUT2D eigenvalue weighted by atomic mass is 9.91. The minimum atomic E-state index is -4.78. The highest BCUT2D eigenvalue weighted by Crippen LogP contribution is 2.44. The van der Waals surface area contributed by atoms with Gasteiger partial charge in [-0.3, -0.25) is 29.2 Å². The van der Waals surface area contributed by atoms with Crippen molar-refractivity contribution in [3.05, 3.63) is 153 Å². The number of unbranched alkanes of at least 4 members (excludes halogenated alkanes) is 5. The number of carbonyl (C=O) groups excluding carboxylic acids is 6. The molecule has 6 amide bonds. The molecule has 0 saturated heterocycles. The summed E-state index contributed by atoms with van der Waals surface area (Å²) >= 11 is 0. The fraction of sp³-hybridized carbons (Fsp3) is 0.345. The van der Waals surface area contributed by atoms with Crippen LogP contribution in [0.4, 0.5) is 42.9 Å². The Bertz CT molecular complexity index is 2750. The van der Waals surface area contributed by atoms with E-state index >= 15 is 0 Å². The Kier molecular flexibility index (Phi) is 17.6. The quantitative estimate of drug-likeness (QED) is 0.0528. The van der Waals surface area contributed by atoms with Gasteiger partial charge in [0.2, 0.25) is 11.8 Å². The Morgan fingerprint density at radius 2 is 0.932 bits per heavy atom. The van der Waals surface area contributed by atoms with Crippen LogP contribution < -0.4 is 9.80 Å². The number of nitrogens with zero attached hydrogens (tertiary/aromatic N) is 6. The smallest absolute Gasteiger partial charge is 0.416 e. The Labute approximate surface area is 424 Å². The summed E-state index contributed by atoms with van der Waals surface area (Å²) in [5, 5.41) is 18.9. The molecule has 74 heavy (non-hydrogen) atoms. The summed E-state index contributed by atoms with van der Waals surface area (Å²) in [6.07, 6.45) is -2.69. The van der Waals surface area contributed by atoms with E-state index < -0.39 is 71.1 Å². The number of hydrogen-bond donors (Lipinski definition) is 0. The monoisotopic (exact) mass is 1020 g/mol. The van der Waals surface area contributed by atoms with Crippen LogP contribution in [0, 0.1) is 22.7 Å². The zero-order valence-corrected chi connectivity index (χ0v) is 41.3. The van der Waals surface area contributed by atoms with Gasteiger partial charge in [-0.1, -0.05) is 68.1 Å². The molecule has 0 radical (unpaired) electrons. The van der Waals surface area contributed by atoms with Gasteiger partial charge in [-0.15, -0.1) is 0 Å². The molecule has 386 valence electrons. The van der Waals surface area contributed by atoms with Crippen LogP contribution in [-0.4, -0.2) is 58.8 Å². The van der Waals surface area contributed by atoms with Gasteiger partial charge in [0.15, 0.2) is 0 Å². The molecule has 2 heterocycles. The minimum absolute atomic E-state index is 0.0172. The van der Waals surface area contributed by atoms with E-state index in [1.807, 2.05) is 12.1 Å². The van der Waals surface area contributed by atoms with E-state index in [-0.39, 0.29) is 89.5 Å². The number of ether oxygens (including phenoxy) is 2. The normalized spacial score (nSPS) is 16.3. The highest BCUT2D eigenvalue weighted by molar-refractivity contribution is 6.11. The molecule has 2 aliphatic rings. The first-order valence-corrected chi connectivity index (χ1v) is 23.9. The molecule has 2 atom stereocenters. The lowest BCUT2D eigenvalue weighted by Crippen LogP contribution is -2.53. The second-order valence-corrected chi connectivity index (χ2v) is 17.6. The Hall–Kier alpha value is -8.19. The third kappa shape index (κ3) is 12.0. The third-order valence-corrected chi connectivity index (χ3v) is 12.6. The van der Waals surface area contributed by atoms with Crippen molar-refractivity contribution in [2.24, 2.45) is 0 Å². The maximum atomic E-state index is 14.6. The molecular weight excluding hydrogens is 968 g/mol. The molecule has 14 nitrogen and oxygen atoms in total. The molecule has 4 aromatic carbocycles. The summed E-state index contributed by atoms with van der Waals surface area (Å²) in [6.45, 7) is 6.50. The molecule has 0 aliphatic carbocycles. The van der Waals surface area contributed by atoms with Gasteiger partial charge in [-0.25, -0.2) is 28.0 Å². The first-order chi connectivity index (χ1) is 35.2. The topological polar surface area (TPSA) is 181 Å². The predicted molar refractivity (Wildman–Crippen MR) is 260 cm³/mol. The minimum Gasteiger partial charge on any atom is -0.463 e. The zero-order valence-electron chi connectivity index (χ0n) is 41.3. The molecule has 4 aromatic rings. The molecule has 0 fully saturated rings. The second kappa shape index (κ2) is 23.6. The van der Waals surface area contributed by atoms with Crippen LogP contribution in [0.2, 0.25) is 0 Å². The summed E-state index contributed by atoms with van der Waals surface area (Å²) in [6, 6.07) is 20.2. The van der Waals surface area contributed by atoms with Crippen LogP contribution in [-0.2, 0) is 40.8 Å². The maximum absolute atomic E-state index is 14.6. The average Bonchev–Trinajstić information content (AvgIpc) is 3.36. The summed E-state index contributed by atoms with van der Waals surface area (Å²) in [7, 11) is 0. The number of amides is 6. The van der Waals surface area contributed by atoms with E-state index in [0.717, 1.165) is 43.9 Å². The van der Waals surface area contributed by atoms with E-state index in [0.29, 0.717) is 38.2 Å². The van der Waals surface area contributed by atoms with Crippen LogP contribution >= 0.6 is 0 Å². The fourth-order valence-corrected chi connectivity index (χ4v) is 9.02. The van der Waals surface area contributed by atoms with E-state index in [2.05, 4.69) is 0 Å². The van der Waals surface area contributed by atoms with Crippen molar-refractivity contribution in [1.29, 1.82) is 10.5 Å². The average molecular weight is 1020 g/mol. The van der Waals surface area contributed by atoms with Crippen LogP contribution in [0.15, 0.2) is 120 Å². The molecule has 2 aliphatic heterocycles. The number of carbonyl (C=O) groups is 6. The van der Waals surface area contributed by atoms with Gasteiger partial charge in [0, 0.05) is 36.7 Å². The number of halogens is 5. The van der Waals surface area contributed by atoms with Crippen molar-refractivity contribution in [2.45, 2.75) is 110 Å². The van der Waals surface area contributed by atoms with Gasteiger partial charge in [0.25, 0.3) is 5.92 Å². The largest absolute Gasteiger partial charge is 0.463 e. The summed E-state index contributed by atoms with van der Waals surface area (Å²) < 4.78 is 81.6. The van der Waals surface area contributed by atoms with Crippen molar-refractivity contribution in [3.8, 4) is 12.1 Å². The number of allylic oxidation sites excluding steroid dienone is 2. The van der Waals surface area contributed by atoms with Crippen molar-refractivity contribution < 1.29 is 60.2 Å². The Morgan fingerprint density at radius 1 is 0.568 bits per heavy atom. The number of imide groups is 2. The molecule has 0 aromatic heterocycles. The zero-order chi connectivity index (χ0) is 54.1. The number of esters is 2. The van der Waals surface area contributed by atoms with Gasteiger partial charge < -0.3 is 9.47 Å². The molecule has 0 spiro atoms. The Balaban J connectivity index is 1.19. The summed E-state index contributed by atoms with van der Waals surface area (Å²) in [4.78, 5) is 89.0. The van der Waals surface area contributed by atoms with Crippen LogP contribution in [0.3, 0.4) is 0 Å². The van der Waals surface area contributed by atoms with Gasteiger partial charge in [-0.05, 0) is 106 Å². The Morgan fingerprint density at radius 3 is 1.28 bits per heavy atom. The first kappa shape index (κ1) is 55.1. The van der Waals surface area contributed by atoms with Gasteiger partial charge >= 0.3 is 30.2 Å². The van der Waals surface area contributed by atoms with Gasteiger partial charge in [0.05, 0.1) is 64.6 Å². The summed E-state index contributed by atoms with van der Waals surface area (Å²) in [5.74, 6) is -6.47. The van der Waals surface area contributed by atoms with Crippen LogP contribution in [0.1, 0.15) is 131 Å². The molecule has 2 unspecified atom stereocenters. The van der Waals surface area contributed by atoms with Crippen molar-refractivity contribution in [3.63, 3.8) is 0 Å². The van der Waals surface area contributed by atoms with E-state index in [9.17, 15) is 61.2 Å². The van der Waals surface area contributed by atoms with Crippen LogP contribution in [0.25, 0.3) is 0 Å². The van der Waals surface area contributed by atoms with E-state index in [1.165, 1.54) is 86.6 Å². The SMILES string of the molecule is CCOC(=O)C1=C(C)N(c2cccc(C(C)(F)F)c2)C(=O)N(C(=O)CCCCCCCCC(=O)N2C(=O)N(c3cccc(C(F)(F)F)c3)C(C)=C(C(=O)OCC)C2c2ccc(C#N)cc2)C1c1ccc(C#N)cc1. The second-order valence-electron chi connectivity index (χ2n) is 17.6. The van der Waals surface area contributed by atoms with Crippen molar-refractivity contribution in [2.75, 3.05) is 23.0 Å². The standard InChI is InChI=1S/C55H53F5N6O8/c1-6-73-50(69)46-34(3)63(42-18-14-16-40(30-42)54(5,56)57)52(71)65(48(46)38-26-22-36(32-61)23-27-38)44(67)20-12-10-8-9-11-13-21-45(68)66-49(39-28-24-37(33-62)25-29-39)47(51(70)74-7-2)35(4)64(53(66)72)43-19-15-17-41(31-43)55(58,59)60/h14-19,22-31,48-49H,6-13,20-21H2,1-5H3. The number of benzene rings is 4. The first-order valence-electron chi connectivity index (χ1n) is 23.9. The van der Waals surface area contributed by atoms with Gasteiger partial charge in [-0.2, -0.15) is 23.7 Å². The summed E-state index contributed by atoms with van der Waals surface area (Å²) in [5.41, 5.74) is -0.887. The number of rotatable bonds is 18. The molecule has 0 bridgehead atoms. The van der Waals surface area contributed by atoms with Crippen molar-refractivity contribution in [1.82, 2.24) is 9.80 Å². The highest BCUT2D eigenvalue weighted by atomic mass is 19.4. The fourth-order valence-electron chi connectivity index (χ4n) is 9.02. The number of alkyl halides is 5. The van der Waals surface area contributed by atoms with E-state index in [4.69, 9.17) is 9.47 Å². The lowest BCUT2D eigenvalue weighted by Gasteiger charge is -2.42. The number of nitriles is 2. The van der Waals surface area contributed by atoms with Crippen molar-refractivity contribution >= 4 is 47.2 Å². The molecule has 19 heteroatoms. The third-order valence-electron chi connectivity index (χ3n) is 12.6. The molecule has 0 N–H and O–H groups in total.